The average molecular weight is 260 g/mol. The third-order valence-electron chi connectivity index (χ3n) is 2.07. The summed E-state index contributed by atoms with van der Waals surface area (Å²) in [6, 6.07) is 2.97. The number of anilines is 1. The fourth-order valence-corrected chi connectivity index (χ4v) is 2.50. The van der Waals surface area contributed by atoms with E-state index in [2.05, 4.69) is 0 Å². The standard InChI is InChI=1S/C10H13FN2O3S/c1-13(2)10(14)6-17(15,16)9-4-7(11)3-8(12)5-9/h3-5H,6,12H2,1-2H3. The minimum Gasteiger partial charge on any atom is -0.399 e. The predicted octanol–water partition coefficient (Wildman–Crippen LogP) is 0.270. The van der Waals surface area contributed by atoms with Crippen LogP contribution in [0.3, 0.4) is 0 Å². The highest BCUT2D eigenvalue weighted by Crippen LogP contribution is 2.17. The highest BCUT2D eigenvalue weighted by molar-refractivity contribution is 7.92. The summed E-state index contributed by atoms with van der Waals surface area (Å²) in [6.45, 7) is 0. The maximum atomic E-state index is 13.0. The number of halogens is 1. The van der Waals surface area contributed by atoms with Crippen LogP contribution in [0.25, 0.3) is 0 Å². The van der Waals surface area contributed by atoms with Crippen molar-refractivity contribution in [2.24, 2.45) is 0 Å². The number of benzene rings is 1. The molecule has 1 aromatic carbocycles. The lowest BCUT2D eigenvalue weighted by Crippen LogP contribution is -2.29. The number of carbonyl (C=O) groups excluding carboxylic acids is 1. The van der Waals surface area contributed by atoms with E-state index in [9.17, 15) is 17.6 Å². The van der Waals surface area contributed by atoms with Crippen LogP contribution in [-0.4, -0.2) is 39.1 Å². The number of carbonyl (C=O) groups is 1. The molecule has 0 heterocycles. The second-order valence-electron chi connectivity index (χ2n) is 3.77. The smallest absolute Gasteiger partial charge is 0.237 e. The number of nitrogen functional groups attached to an aromatic ring is 1. The molecule has 0 atom stereocenters. The van der Waals surface area contributed by atoms with Gasteiger partial charge in [-0.1, -0.05) is 0 Å². The number of amides is 1. The van der Waals surface area contributed by atoms with E-state index in [-0.39, 0.29) is 10.6 Å². The van der Waals surface area contributed by atoms with Crippen molar-refractivity contribution in [2.45, 2.75) is 4.90 Å². The van der Waals surface area contributed by atoms with E-state index in [0.29, 0.717) is 0 Å². The van der Waals surface area contributed by atoms with Crippen LogP contribution in [0.15, 0.2) is 23.1 Å². The molecule has 1 amide bonds. The summed E-state index contributed by atoms with van der Waals surface area (Å²) in [4.78, 5) is 12.2. The monoisotopic (exact) mass is 260 g/mol. The van der Waals surface area contributed by atoms with Gasteiger partial charge in [0.15, 0.2) is 9.84 Å². The van der Waals surface area contributed by atoms with E-state index in [1.54, 1.807) is 0 Å². The fraction of sp³-hybridized carbons (Fsp3) is 0.300. The van der Waals surface area contributed by atoms with Gasteiger partial charge in [-0.3, -0.25) is 4.79 Å². The summed E-state index contributed by atoms with van der Waals surface area (Å²) in [6.07, 6.45) is 0. The van der Waals surface area contributed by atoms with Gasteiger partial charge in [-0.2, -0.15) is 0 Å². The Labute approximate surface area is 98.9 Å². The summed E-state index contributed by atoms with van der Waals surface area (Å²) in [5.74, 6) is -2.03. The zero-order valence-corrected chi connectivity index (χ0v) is 10.3. The van der Waals surface area contributed by atoms with Gasteiger partial charge in [0.2, 0.25) is 5.91 Å². The summed E-state index contributed by atoms with van der Waals surface area (Å²) in [5.41, 5.74) is 5.35. The first-order valence-corrected chi connectivity index (χ1v) is 6.36. The van der Waals surface area contributed by atoms with E-state index in [1.807, 2.05) is 0 Å². The zero-order valence-electron chi connectivity index (χ0n) is 9.47. The molecule has 2 N–H and O–H groups in total. The Hall–Kier alpha value is -1.63. The van der Waals surface area contributed by atoms with Crippen molar-refractivity contribution in [3.63, 3.8) is 0 Å². The minimum atomic E-state index is -3.86. The van der Waals surface area contributed by atoms with Crippen LogP contribution >= 0.6 is 0 Å². The van der Waals surface area contributed by atoms with Crippen molar-refractivity contribution >= 4 is 21.4 Å². The van der Waals surface area contributed by atoms with Gasteiger partial charge in [-0.25, -0.2) is 12.8 Å². The van der Waals surface area contributed by atoms with Crippen molar-refractivity contribution in [2.75, 3.05) is 25.6 Å². The Bertz CT molecular complexity index is 520. The Balaban J connectivity index is 3.09. The lowest BCUT2D eigenvalue weighted by atomic mass is 10.3. The normalized spacial score (nSPS) is 11.2. The summed E-state index contributed by atoms with van der Waals surface area (Å²) in [7, 11) is -0.976. The summed E-state index contributed by atoms with van der Waals surface area (Å²) < 4.78 is 36.6. The van der Waals surface area contributed by atoms with Gasteiger partial charge in [-0.15, -0.1) is 0 Å². The van der Waals surface area contributed by atoms with Gasteiger partial charge < -0.3 is 10.6 Å². The molecule has 0 aliphatic rings. The molecule has 5 nitrogen and oxygen atoms in total. The van der Waals surface area contributed by atoms with Gasteiger partial charge in [0.25, 0.3) is 0 Å². The van der Waals surface area contributed by atoms with Crippen molar-refractivity contribution in [3.8, 4) is 0 Å². The molecular formula is C10H13FN2O3S. The van der Waals surface area contributed by atoms with E-state index in [1.165, 1.54) is 14.1 Å². The van der Waals surface area contributed by atoms with Crippen LogP contribution in [0.5, 0.6) is 0 Å². The van der Waals surface area contributed by atoms with E-state index < -0.39 is 27.3 Å². The lowest BCUT2D eigenvalue weighted by Gasteiger charge is -2.10. The first-order chi connectivity index (χ1) is 7.72. The van der Waals surface area contributed by atoms with Crippen molar-refractivity contribution in [1.29, 1.82) is 0 Å². The molecule has 1 rings (SSSR count). The van der Waals surface area contributed by atoms with Gasteiger partial charge in [0.05, 0.1) is 4.90 Å². The number of nitrogens with zero attached hydrogens (tertiary/aromatic N) is 1. The maximum absolute atomic E-state index is 13.0. The maximum Gasteiger partial charge on any atom is 0.237 e. The molecule has 0 fully saturated rings. The summed E-state index contributed by atoms with van der Waals surface area (Å²) in [5, 5.41) is 0. The van der Waals surface area contributed by atoms with Crippen molar-refractivity contribution < 1.29 is 17.6 Å². The molecule has 0 radical (unpaired) electrons. The second-order valence-corrected chi connectivity index (χ2v) is 5.76. The van der Waals surface area contributed by atoms with E-state index in [4.69, 9.17) is 5.73 Å². The molecule has 0 bridgehead atoms. The largest absolute Gasteiger partial charge is 0.399 e. The predicted molar refractivity (Wildman–Crippen MR) is 61.6 cm³/mol. The zero-order chi connectivity index (χ0) is 13.2. The number of rotatable bonds is 3. The summed E-state index contributed by atoms with van der Waals surface area (Å²) >= 11 is 0. The van der Waals surface area contributed by atoms with Gasteiger partial charge in [0.1, 0.15) is 11.6 Å². The van der Waals surface area contributed by atoms with E-state index >= 15 is 0 Å². The fourth-order valence-electron chi connectivity index (χ4n) is 1.14. The van der Waals surface area contributed by atoms with Crippen molar-refractivity contribution in [1.82, 2.24) is 4.90 Å². The van der Waals surface area contributed by atoms with Crippen LogP contribution in [0.1, 0.15) is 0 Å². The Morgan fingerprint density at radius 2 is 1.94 bits per heavy atom. The second kappa shape index (κ2) is 4.70. The van der Waals surface area contributed by atoms with Crippen LogP contribution in [-0.2, 0) is 14.6 Å². The Kier molecular flexibility index (Phi) is 3.72. The topological polar surface area (TPSA) is 80.5 Å². The third-order valence-corrected chi connectivity index (χ3v) is 3.65. The average Bonchev–Trinajstić information content (AvgIpc) is 2.15. The highest BCUT2D eigenvalue weighted by Gasteiger charge is 2.21. The molecule has 0 saturated carbocycles. The Morgan fingerprint density at radius 1 is 1.35 bits per heavy atom. The van der Waals surface area contributed by atoms with Gasteiger partial charge >= 0.3 is 0 Å². The third kappa shape index (κ3) is 3.42. The van der Waals surface area contributed by atoms with Gasteiger partial charge in [-0.05, 0) is 18.2 Å². The molecule has 94 valence electrons. The molecule has 0 aliphatic heterocycles. The highest BCUT2D eigenvalue weighted by atomic mass is 32.2. The van der Waals surface area contributed by atoms with E-state index in [0.717, 1.165) is 23.1 Å². The van der Waals surface area contributed by atoms with Crippen molar-refractivity contribution in [3.05, 3.63) is 24.0 Å². The Morgan fingerprint density at radius 3 is 2.41 bits per heavy atom. The number of hydrogen-bond acceptors (Lipinski definition) is 4. The quantitative estimate of drug-likeness (QED) is 0.791. The van der Waals surface area contributed by atoms with Crippen LogP contribution in [0, 0.1) is 5.82 Å². The molecule has 1 aromatic rings. The van der Waals surface area contributed by atoms with Crippen LogP contribution in [0.4, 0.5) is 10.1 Å². The molecule has 0 aromatic heterocycles. The number of hydrogen-bond donors (Lipinski definition) is 1. The molecule has 0 aliphatic carbocycles. The van der Waals surface area contributed by atoms with Gasteiger partial charge in [0, 0.05) is 19.8 Å². The molecule has 0 saturated heterocycles. The lowest BCUT2D eigenvalue weighted by molar-refractivity contribution is -0.125. The first kappa shape index (κ1) is 13.4. The molecule has 17 heavy (non-hydrogen) atoms. The van der Waals surface area contributed by atoms with Crippen LogP contribution < -0.4 is 5.73 Å². The molecule has 0 spiro atoms. The van der Waals surface area contributed by atoms with Crippen LogP contribution in [0.2, 0.25) is 0 Å². The molecular weight excluding hydrogens is 247 g/mol. The molecule has 7 heteroatoms. The number of nitrogens with two attached hydrogens (primary N) is 1. The minimum absolute atomic E-state index is 0.000812. The number of sulfone groups is 1. The SMILES string of the molecule is CN(C)C(=O)CS(=O)(=O)c1cc(N)cc(F)c1. The first-order valence-electron chi connectivity index (χ1n) is 4.71. The molecule has 0 unspecified atom stereocenters.